The summed E-state index contributed by atoms with van der Waals surface area (Å²) in [5, 5.41) is 5.76. The Hall–Kier alpha value is -3.00. The highest BCUT2D eigenvalue weighted by atomic mass is 32.2. The van der Waals surface area contributed by atoms with Gasteiger partial charge in [-0.3, -0.25) is 14.4 Å². The van der Waals surface area contributed by atoms with Gasteiger partial charge in [0.2, 0.25) is 11.8 Å². The molecule has 4 atom stereocenters. The Kier molecular flexibility index (Phi) is 7.12. The summed E-state index contributed by atoms with van der Waals surface area (Å²) in [6, 6.07) is 13.6. The van der Waals surface area contributed by atoms with E-state index in [4.69, 9.17) is 4.74 Å². The van der Waals surface area contributed by atoms with Crippen LogP contribution in [0.1, 0.15) is 61.0 Å². The number of carbonyl (C=O) groups is 3. The molecule has 8 heteroatoms. The molecule has 0 aliphatic carbocycles. The summed E-state index contributed by atoms with van der Waals surface area (Å²) in [5.74, 6) is 0.0107. The molecule has 2 heterocycles. The van der Waals surface area contributed by atoms with Gasteiger partial charge in [0, 0.05) is 16.9 Å². The van der Waals surface area contributed by atoms with Gasteiger partial charge in [0.05, 0.1) is 7.11 Å². The van der Waals surface area contributed by atoms with Gasteiger partial charge in [-0.15, -0.1) is 11.8 Å². The van der Waals surface area contributed by atoms with Crippen molar-refractivity contribution in [2.75, 3.05) is 7.11 Å². The molecule has 0 aromatic heterocycles. The molecule has 7 nitrogen and oxygen atoms in total. The van der Waals surface area contributed by atoms with Gasteiger partial charge < -0.3 is 20.3 Å². The van der Waals surface area contributed by atoms with Crippen LogP contribution < -0.4 is 15.4 Å². The number of benzene rings is 2. The van der Waals surface area contributed by atoms with Gasteiger partial charge in [0.15, 0.2) is 0 Å². The summed E-state index contributed by atoms with van der Waals surface area (Å²) in [7, 11) is 1.61. The van der Waals surface area contributed by atoms with E-state index in [1.54, 1.807) is 23.8 Å². The molecule has 4 rings (SSSR count). The van der Waals surface area contributed by atoms with E-state index in [9.17, 15) is 14.4 Å². The van der Waals surface area contributed by atoms with E-state index in [1.807, 2.05) is 76.2 Å². The van der Waals surface area contributed by atoms with E-state index in [2.05, 4.69) is 10.6 Å². The summed E-state index contributed by atoms with van der Waals surface area (Å²) in [4.78, 5) is 41.8. The maximum Gasteiger partial charge on any atom is 0.256 e. The number of hydrogen-bond acceptors (Lipinski definition) is 5. The lowest BCUT2D eigenvalue weighted by Gasteiger charge is -2.32. The average Bonchev–Trinajstić information content (AvgIpc) is 3.29. The number of hydrogen-bond donors (Lipinski definition) is 2. The average molecular weight is 496 g/mol. The number of nitrogens with zero attached hydrogens (tertiary/aromatic N) is 1. The first-order valence-electron chi connectivity index (χ1n) is 12.0. The second-order valence-electron chi connectivity index (χ2n) is 9.71. The third-order valence-electron chi connectivity index (χ3n) is 6.96. The third-order valence-corrected chi connectivity index (χ3v) is 8.50. The lowest BCUT2D eigenvalue weighted by Crippen LogP contribution is -2.58. The van der Waals surface area contributed by atoms with Crippen molar-refractivity contribution in [2.24, 2.45) is 5.92 Å². The van der Waals surface area contributed by atoms with Crippen molar-refractivity contribution < 1.29 is 19.1 Å². The van der Waals surface area contributed by atoms with E-state index in [-0.39, 0.29) is 29.0 Å². The quantitative estimate of drug-likeness (QED) is 0.580. The number of amides is 3. The first-order chi connectivity index (χ1) is 16.7. The van der Waals surface area contributed by atoms with Gasteiger partial charge in [-0.2, -0.15) is 0 Å². The highest BCUT2D eigenvalue weighted by Gasteiger charge is 2.57. The van der Waals surface area contributed by atoms with Crippen molar-refractivity contribution in [3.05, 3.63) is 65.2 Å². The molecule has 35 heavy (non-hydrogen) atoms. The van der Waals surface area contributed by atoms with E-state index in [0.717, 1.165) is 23.3 Å². The maximum atomic E-state index is 13.7. The molecule has 3 amide bonds. The van der Waals surface area contributed by atoms with Crippen LogP contribution in [0.15, 0.2) is 48.5 Å². The van der Waals surface area contributed by atoms with Gasteiger partial charge in [0.25, 0.3) is 5.91 Å². The van der Waals surface area contributed by atoms with Crippen LogP contribution >= 0.6 is 11.8 Å². The van der Waals surface area contributed by atoms with Crippen LogP contribution in [0, 0.1) is 5.92 Å². The van der Waals surface area contributed by atoms with Crippen molar-refractivity contribution in [2.45, 2.75) is 62.9 Å². The zero-order valence-corrected chi connectivity index (χ0v) is 21.6. The molecule has 0 radical (unpaired) electrons. The van der Waals surface area contributed by atoms with Gasteiger partial charge in [-0.25, -0.2) is 0 Å². The normalized spacial score (nSPS) is 21.6. The first kappa shape index (κ1) is 25.1. The van der Waals surface area contributed by atoms with Crippen LogP contribution in [0.5, 0.6) is 5.75 Å². The summed E-state index contributed by atoms with van der Waals surface area (Å²) >= 11 is 1.61. The van der Waals surface area contributed by atoms with Gasteiger partial charge in [-0.05, 0) is 49.1 Å². The molecule has 186 valence electrons. The molecule has 0 spiro atoms. The van der Waals surface area contributed by atoms with Crippen molar-refractivity contribution in [3.8, 4) is 5.75 Å². The highest BCUT2D eigenvalue weighted by molar-refractivity contribution is 8.01. The standard InChI is InChI=1S/C27H33N3O4S/c1-6-16(2)21(23(31)28-15-17-11-13-18(34-5)14-12-17)29-24(32)22-27(3,4)35-26-20-10-8-7-9-19(20)25(33)30(22)26/h7-14,16,21-22,26H,6,15H2,1-5H3,(H,28,31)(H,29,32)/t16-,21+,22-,26+/m1/s1. The molecule has 2 aliphatic heterocycles. The Bertz CT molecular complexity index is 1120. The zero-order valence-electron chi connectivity index (χ0n) is 20.8. The molecule has 0 unspecified atom stereocenters. The molecular formula is C27H33N3O4S. The second kappa shape index (κ2) is 9.93. The van der Waals surface area contributed by atoms with Crippen molar-refractivity contribution in [1.82, 2.24) is 15.5 Å². The molecule has 1 fully saturated rings. The van der Waals surface area contributed by atoms with Crippen molar-refractivity contribution >= 4 is 29.5 Å². The van der Waals surface area contributed by atoms with E-state index < -0.39 is 16.8 Å². The van der Waals surface area contributed by atoms with E-state index in [1.165, 1.54) is 0 Å². The summed E-state index contributed by atoms with van der Waals surface area (Å²) in [6.07, 6.45) is 0.723. The number of thioether (sulfide) groups is 1. The molecule has 2 aliphatic rings. The second-order valence-corrected chi connectivity index (χ2v) is 11.4. The Morgan fingerprint density at radius 3 is 2.49 bits per heavy atom. The van der Waals surface area contributed by atoms with Crippen LogP contribution in [0.3, 0.4) is 0 Å². The predicted molar refractivity (Wildman–Crippen MR) is 137 cm³/mol. The molecule has 1 saturated heterocycles. The number of fused-ring (bicyclic) bond motifs is 3. The fourth-order valence-electron chi connectivity index (χ4n) is 4.78. The van der Waals surface area contributed by atoms with Gasteiger partial charge in [-0.1, -0.05) is 50.6 Å². The minimum absolute atomic E-state index is 0.0748. The van der Waals surface area contributed by atoms with Crippen molar-refractivity contribution in [3.63, 3.8) is 0 Å². The Morgan fingerprint density at radius 2 is 1.83 bits per heavy atom. The fourth-order valence-corrected chi connectivity index (χ4v) is 6.37. The van der Waals surface area contributed by atoms with Crippen LogP contribution in [0.25, 0.3) is 0 Å². The number of carbonyl (C=O) groups excluding carboxylic acids is 3. The Labute approximate surface area is 211 Å². The molecule has 2 aromatic carbocycles. The molecule has 0 saturated carbocycles. The molecule has 2 aromatic rings. The highest BCUT2D eigenvalue weighted by Crippen LogP contribution is 2.56. The minimum Gasteiger partial charge on any atom is -0.497 e. The lowest BCUT2D eigenvalue weighted by atomic mass is 9.95. The smallest absolute Gasteiger partial charge is 0.256 e. The Balaban J connectivity index is 1.50. The zero-order chi connectivity index (χ0) is 25.3. The SMILES string of the molecule is CC[C@@H](C)[C@H](NC(=O)[C@H]1N2C(=O)c3ccccc3[C@@H]2SC1(C)C)C(=O)NCc1ccc(OC)cc1. The fraction of sp³-hybridized carbons (Fsp3) is 0.444. The van der Waals surface area contributed by atoms with Crippen LogP contribution in [-0.4, -0.2) is 46.6 Å². The van der Waals surface area contributed by atoms with Gasteiger partial charge in [0.1, 0.15) is 23.2 Å². The lowest BCUT2D eigenvalue weighted by molar-refractivity contribution is -0.133. The minimum atomic E-state index is -0.703. The maximum absolute atomic E-state index is 13.7. The molecular weight excluding hydrogens is 462 g/mol. The monoisotopic (exact) mass is 495 g/mol. The van der Waals surface area contributed by atoms with E-state index >= 15 is 0 Å². The topological polar surface area (TPSA) is 87.7 Å². The van der Waals surface area contributed by atoms with Crippen LogP contribution in [-0.2, 0) is 16.1 Å². The van der Waals surface area contributed by atoms with E-state index in [0.29, 0.717) is 12.1 Å². The predicted octanol–water partition coefficient (Wildman–Crippen LogP) is 3.89. The number of methoxy groups -OCH3 is 1. The van der Waals surface area contributed by atoms with Crippen molar-refractivity contribution in [1.29, 1.82) is 0 Å². The van der Waals surface area contributed by atoms with Crippen LogP contribution in [0.4, 0.5) is 0 Å². The Morgan fingerprint density at radius 1 is 1.14 bits per heavy atom. The summed E-state index contributed by atoms with van der Waals surface area (Å²) < 4.78 is 4.68. The van der Waals surface area contributed by atoms with Gasteiger partial charge >= 0.3 is 0 Å². The molecule has 0 bridgehead atoms. The first-order valence-corrected chi connectivity index (χ1v) is 12.9. The van der Waals surface area contributed by atoms with Crippen LogP contribution in [0.2, 0.25) is 0 Å². The number of ether oxygens (including phenoxy) is 1. The number of nitrogens with one attached hydrogen (secondary N) is 2. The largest absolute Gasteiger partial charge is 0.497 e. The summed E-state index contributed by atoms with van der Waals surface area (Å²) in [5.41, 5.74) is 2.53. The number of rotatable bonds is 8. The molecule has 2 N–H and O–H groups in total. The summed E-state index contributed by atoms with van der Waals surface area (Å²) in [6.45, 7) is 8.26. The third kappa shape index (κ3) is 4.76.